The fraction of sp³-hybridized carbons (Fsp3) is 1.00. The molecule has 0 spiro atoms. The molecule has 0 rings (SSSR count). The molecule has 0 aromatic rings. The van der Waals surface area contributed by atoms with Gasteiger partial charge < -0.3 is 0 Å². The van der Waals surface area contributed by atoms with E-state index in [-0.39, 0.29) is 0 Å². The quantitative estimate of drug-likeness (QED) is 0.341. The van der Waals surface area contributed by atoms with Crippen molar-refractivity contribution in [1.82, 2.24) is 0 Å². The molecule has 0 bridgehead atoms. The van der Waals surface area contributed by atoms with E-state index in [1.54, 1.807) is 0 Å². The monoisotopic (exact) mass is 218 g/mol. The lowest BCUT2D eigenvalue weighted by molar-refractivity contribution is 0.452. The average Bonchev–Trinajstić information content (AvgIpc) is 2.20. The summed E-state index contributed by atoms with van der Waals surface area (Å²) < 4.78 is 0. The predicted molar refractivity (Wildman–Crippen MR) is 67.1 cm³/mol. The van der Waals surface area contributed by atoms with Crippen LogP contribution in [0.2, 0.25) is 0 Å². The van der Waals surface area contributed by atoms with Crippen LogP contribution in [0.15, 0.2) is 0 Å². The summed E-state index contributed by atoms with van der Waals surface area (Å²) >= 11 is 5.66. The first kappa shape index (κ1) is 14.3. The third-order valence-electron chi connectivity index (χ3n) is 2.88. The minimum absolute atomic E-state index is 0.834. The molecule has 1 atom stereocenters. The number of hydrogen-bond acceptors (Lipinski definition) is 0. The maximum absolute atomic E-state index is 5.66. The van der Waals surface area contributed by atoms with Crippen LogP contribution in [0, 0.1) is 5.92 Å². The minimum Gasteiger partial charge on any atom is -0.127 e. The van der Waals surface area contributed by atoms with Crippen molar-refractivity contribution in [3.8, 4) is 0 Å². The van der Waals surface area contributed by atoms with Crippen LogP contribution < -0.4 is 0 Å². The molecule has 0 aromatic heterocycles. The molecule has 0 saturated heterocycles. The second-order valence-electron chi connectivity index (χ2n) is 4.49. The van der Waals surface area contributed by atoms with Crippen molar-refractivity contribution in [3.05, 3.63) is 0 Å². The maximum atomic E-state index is 5.66. The van der Waals surface area contributed by atoms with E-state index in [9.17, 15) is 0 Å². The van der Waals surface area contributed by atoms with Gasteiger partial charge in [0, 0.05) is 5.88 Å². The van der Waals surface area contributed by atoms with Gasteiger partial charge in [0.25, 0.3) is 0 Å². The van der Waals surface area contributed by atoms with E-state index in [1.807, 2.05) is 0 Å². The molecule has 0 radical (unpaired) electrons. The number of alkyl halides is 1. The van der Waals surface area contributed by atoms with Crippen molar-refractivity contribution in [2.45, 2.75) is 71.6 Å². The van der Waals surface area contributed by atoms with Gasteiger partial charge in [-0.1, -0.05) is 58.8 Å². The van der Waals surface area contributed by atoms with E-state index in [4.69, 9.17) is 11.6 Å². The van der Waals surface area contributed by atoms with Gasteiger partial charge in [0.2, 0.25) is 0 Å². The smallest absolute Gasteiger partial charge is 0.0223 e. The summed E-state index contributed by atoms with van der Waals surface area (Å²) in [6, 6.07) is 0. The average molecular weight is 219 g/mol. The highest BCUT2D eigenvalue weighted by Crippen LogP contribution is 2.16. The van der Waals surface area contributed by atoms with Gasteiger partial charge in [0.1, 0.15) is 0 Å². The van der Waals surface area contributed by atoms with Crippen LogP contribution in [-0.2, 0) is 0 Å². The van der Waals surface area contributed by atoms with Gasteiger partial charge in [-0.05, 0) is 18.8 Å². The third kappa shape index (κ3) is 10.4. The van der Waals surface area contributed by atoms with Crippen LogP contribution in [0.1, 0.15) is 71.6 Å². The van der Waals surface area contributed by atoms with Crippen molar-refractivity contribution < 1.29 is 0 Å². The molecule has 0 heterocycles. The zero-order valence-corrected chi connectivity index (χ0v) is 10.8. The first-order valence-corrected chi connectivity index (χ1v) is 6.90. The molecule has 0 amide bonds. The van der Waals surface area contributed by atoms with Crippen LogP contribution in [0.4, 0.5) is 0 Å². The zero-order valence-electron chi connectivity index (χ0n) is 10.0. The Morgan fingerprint density at radius 2 is 1.43 bits per heavy atom. The molecule has 0 aliphatic rings. The fourth-order valence-electron chi connectivity index (χ4n) is 1.84. The molecular weight excluding hydrogens is 192 g/mol. The molecular formula is C13H27Cl. The Bertz CT molecular complexity index is 101. The number of halogens is 1. The minimum atomic E-state index is 0.834. The SMILES string of the molecule is CCCCCCCCC(C)CCCCl. The van der Waals surface area contributed by atoms with Gasteiger partial charge >= 0.3 is 0 Å². The Balaban J connectivity index is 3.02. The van der Waals surface area contributed by atoms with Crippen LogP contribution in [0.3, 0.4) is 0 Å². The molecule has 0 aromatic carbocycles. The number of hydrogen-bond donors (Lipinski definition) is 0. The summed E-state index contributed by atoms with van der Waals surface area (Å²) in [7, 11) is 0. The molecule has 0 aliphatic heterocycles. The van der Waals surface area contributed by atoms with E-state index >= 15 is 0 Å². The van der Waals surface area contributed by atoms with Gasteiger partial charge in [-0.3, -0.25) is 0 Å². The van der Waals surface area contributed by atoms with Crippen molar-refractivity contribution >= 4 is 11.6 Å². The molecule has 86 valence electrons. The van der Waals surface area contributed by atoms with Crippen LogP contribution >= 0.6 is 11.6 Å². The summed E-state index contributed by atoms with van der Waals surface area (Å²) in [4.78, 5) is 0. The highest BCUT2D eigenvalue weighted by atomic mass is 35.5. The van der Waals surface area contributed by atoms with Gasteiger partial charge in [-0.25, -0.2) is 0 Å². The highest BCUT2D eigenvalue weighted by molar-refractivity contribution is 6.17. The summed E-state index contributed by atoms with van der Waals surface area (Å²) in [5.41, 5.74) is 0. The van der Waals surface area contributed by atoms with Crippen LogP contribution in [-0.4, -0.2) is 5.88 Å². The molecule has 0 aliphatic carbocycles. The van der Waals surface area contributed by atoms with E-state index in [0.717, 1.165) is 11.8 Å². The summed E-state index contributed by atoms with van der Waals surface area (Å²) in [5, 5.41) is 0. The Labute approximate surface area is 95.4 Å². The molecule has 0 nitrogen and oxygen atoms in total. The number of rotatable bonds is 10. The third-order valence-corrected chi connectivity index (χ3v) is 3.15. The lowest BCUT2D eigenvalue weighted by atomic mass is 9.98. The van der Waals surface area contributed by atoms with E-state index in [2.05, 4.69) is 13.8 Å². The molecule has 14 heavy (non-hydrogen) atoms. The summed E-state index contributed by atoms with van der Waals surface area (Å²) in [6.45, 7) is 4.63. The fourth-order valence-corrected chi connectivity index (χ4v) is 2.00. The lowest BCUT2D eigenvalue weighted by Gasteiger charge is -2.09. The molecule has 0 fully saturated rings. The second-order valence-corrected chi connectivity index (χ2v) is 4.87. The van der Waals surface area contributed by atoms with Crippen molar-refractivity contribution in [2.75, 3.05) is 5.88 Å². The molecule has 1 unspecified atom stereocenters. The molecule has 0 saturated carbocycles. The first-order chi connectivity index (χ1) is 6.81. The Kier molecular flexibility index (Phi) is 11.6. The van der Waals surface area contributed by atoms with Gasteiger partial charge in [0.05, 0.1) is 0 Å². The highest BCUT2D eigenvalue weighted by Gasteiger charge is 2.00. The van der Waals surface area contributed by atoms with E-state index < -0.39 is 0 Å². The lowest BCUT2D eigenvalue weighted by Crippen LogP contribution is -1.95. The maximum Gasteiger partial charge on any atom is 0.0223 e. The molecule has 1 heteroatoms. The standard InChI is InChI=1S/C13H27Cl/c1-3-4-5-6-7-8-10-13(2)11-9-12-14/h13H,3-12H2,1-2H3. The van der Waals surface area contributed by atoms with Crippen molar-refractivity contribution in [1.29, 1.82) is 0 Å². The van der Waals surface area contributed by atoms with Crippen LogP contribution in [0.25, 0.3) is 0 Å². The van der Waals surface area contributed by atoms with Gasteiger partial charge in [-0.2, -0.15) is 0 Å². The summed E-state index contributed by atoms with van der Waals surface area (Å²) in [6.07, 6.45) is 12.4. The van der Waals surface area contributed by atoms with E-state index in [1.165, 1.54) is 57.8 Å². The summed E-state index contributed by atoms with van der Waals surface area (Å²) in [5.74, 6) is 1.72. The molecule has 0 N–H and O–H groups in total. The first-order valence-electron chi connectivity index (χ1n) is 6.37. The Hall–Kier alpha value is 0.290. The normalized spacial score (nSPS) is 13.1. The predicted octanol–water partition coefficient (Wildman–Crippen LogP) is 5.39. The zero-order chi connectivity index (χ0) is 10.6. The van der Waals surface area contributed by atoms with E-state index in [0.29, 0.717) is 0 Å². The Morgan fingerprint density at radius 3 is 2.07 bits per heavy atom. The van der Waals surface area contributed by atoms with Crippen LogP contribution in [0.5, 0.6) is 0 Å². The number of unbranched alkanes of at least 4 members (excludes halogenated alkanes) is 5. The largest absolute Gasteiger partial charge is 0.127 e. The topological polar surface area (TPSA) is 0 Å². The van der Waals surface area contributed by atoms with Crippen molar-refractivity contribution in [3.63, 3.8) is 0 Å². The van der Waals surface area contributed by atoms with Gasteiger partial charge in [-0.15, -0.1) is 11.6 Å². The Morgan fingerprint density at radius 1 is 0.857 bits per heavy atom. The van der Waals surface area contributed by atoms with Gasteiger partial charge in [0.15, 0.2) is 0 Å². The van der Waals surface area contributed by atoms with Crippen molar-refractivity contribution in [2.24, 2.45) is 5.92 Å². The second kappa shape index (κ2) is 11.4.